The van der Waals surface area contributed by atoms with E-state index in [1.807, 2.05) is 6.92 Å². The van der Waals surface area contributed by atoms with Crippen LogP contribution in [0, 0.1) is 21.8 Å². The molecule has 7 nitrogen and oxygen atoms in total. The van der Waals surface area contributed by atoms with E-state index in [-0.39, 0.29) is 22.3 Å². The first-order chi connectivity index (χ1) is 12.8. The van der Waals surface area contributed by atoms with E-state index in [4.69, 9.17) is 4.74 Å². The number of rotatable bonds is 5. The summed E-state index contributed by atoms with van der Waals surface area (Å²) in [6, 6.07) is 8.54. The molecule has 1 heterocycles. The summed E-state index contributed by atoms with van der Waals surface area (Å²) in [4.78, 5) is 10.6. The van der Waals surface area contributed by atoms with Crippen molar-refractivity contribution in [2.24, 2.45) is 5.92 Å². The Morgan fingerprint density at radius 1 is 1.22 bits per heavy atom. The minimum atomic E-state index is -3.82. The third-order valence-electron chi connectivity index (χ3n) is 4.43. The highest BCUT2D eigenvalue weighted by molar-refractivity contribution is 7.89. The van der Waals surface area contributed by atoms with Crippen LogP contribution in [0.1, 0.15) is 19.8 Å². The van der Waals surface area contributed by atoms with Gasteiger partial charge in [0, 0.05) is 19.2 Å². The van der Waals surface area contributed by atoms with Crippen molar-refractivity contribution in [3.8, 4) is 11.5 Å². The number of hydrogen-bond acceptors (Lipinski definition) is 5. The van der Waals surface area contributed by atoms with Gasteiger partial charge in [0.1, 0.15) is 11.6 Å². The fourth-order valence-electron chi connectivity index (χ4n) is 3.03. The third kappa shape index (κ3) is 4.25. The van der Waals surface area contributed by atoms with Crippen LogP contribution in [0.3, 0.4) is 0 Å². The Hall–Kier alpha value is -2.52. The molecule has 1 atom stereocenters. The number of benzene rings is 2. The topological polar surface area (TPSA) is 89.8 Å². The normalized spacial score (nSPS) is 18.2. The molecular weight excluding hydrogens is 375 g/mol. The molecule has 1 fully saturated rings. The van der Waals surface area contributed by atoms with E-state index in [9.17, 15) is 22.9 Å². The molecule has 0 saturated carbocycles. The van der Waals surface area contributed by atoms with E-state index >= 15 is 0 Å². The first kappa shape index (κ1) is 19.2. The minimum Gasteiger partial charge on any atom is -0.450 e. The number of nitro benzene ring substituents is 1. The average molecular weight is 394 g/mol. The molecule has 0 aromatic heterocycles. The predicted octanol–water partition coefficient (Wildman–Crippen LogP) is 3.95. The van der Waals surface area contributed by atoms with Gasteiger partial charge in [-0.1, -0.05) is 6.92 Å². The lowest BCUT2D eigenvalue weighted by molar-refractivity contribution is -0.385. The van der Waals surface area contributed by atoms with Gasteiger partial charge in [-0.2, -0.15) is 4.31 Å². The number of halogens is 1. The van der Waals surface area contributed by atoms with E-state index in [1.165, 1.54) is 28.6 Å². The van der Waals surface area contributed by atoms with Crippen molar-refractivity contribution in [2.45, 2.75) is 24.7 Å². The highest BCUT2D eigenvalue weighted by Gasteiger charge is 2.31. The average Bonchev–Trinajstić information content (AvgIpc) is 2.63. The number of nitrogens with zero attached hydrogens (tertiary/aromatic N) is 2. The van der Waals surface area contributed by atoms with Crippen molar-refractivity contribution in [1.29, 1.82) is 0 Å². The summed E-state index contributed by atoms with van der Waals surface area (Å²) in [5, 5.41) is 11.4. The van der Waals surface area contributed by atoms with Crippen LogP contribution < -0.4 is 4.74 Å². The van der Waals surface area contributed by atoms with Crippen LogP contribution in [0.15, 0.2) is 47.4 Å². The van der Waals surface area contributed by atoms with Crippen LogP contribution in [-0.2, 0) is 10.0 Å². The quantitative estimate of drug-likeness (QED) is 0.566. The summed E-state index contributed by atoms with van der Waals surface area (Å²) in [6.45, 7) is 2.77. The molecule has 2 aromatic carbocycles. The predicted molar refractivity (Wildman–Crippen MR) is 96.7 cm³/mol. The Labute approximate surface area is 156 Å². The SMILES string of the molecule is C[C@@H]1CCCN(S(=O)(=O)c2ccc(Oc3ccc(F)cc3)c([N+](=O)[O-])c2)C1. The van der Waals surface area contributed by atoms with Crippen molar-refractivity contribution >= 4 is 15.7 Å². The molecule has 0 spiro atoms. The van der Waals surface area contributed by atoms with Crippen molar-refractivity contribution in [2.75, 3.05) is 13.1 Å². The molecular formula is C18H19FN2O5S. The smallest absolute Gasteiger partial charge is 0.312 e. The molecule has 1 aliphatic heterocycles. The molecule has 27 heavy (non-hydrogen) atoms. The maximum Gasteiger partial charge on any atom is 0.312 e. The lowest BCUT2D eigenvalue weighted by Gasteiger charge is -2.30. The summed E-state index contributed by atoms with van der Waals surface area (Å²) in [6.07, 6.45) is 1.71. The molecule has 0 aliphatic carbocycles. The van der Waals surface area contributed by atoms with Gasteiger partial charge in [-0.15, -0.1) is 0 Å². The second kappa shape index (κ2) is 7.61. The van der Waals surface area contributed by atoms with E-state index in [0.29, 0.717) is 13.1 Å². The van der Waals surface area contributed by atoms with E-state index < -0.39 is 26.5 Å². The first-order valence-electron chi connectivity index (χ1n) is 8.49. The zero-order valence-electron chi connectivity index (χ0n) is 14.7. The number of ether oxygens (including phenoxy) is 1. The molecule has 9 heteroatoms. The van der Waals surface area contributed by atoms with Gasteiger partial charge in [-0.3, -0.25) is 10.1 Å². The summed E-state index contributed by atoms with van der Waals surface area (Å²) in [5.41, 5.74) is -0.467. The lowest BCUT2D eigenvalue weighted by Crippen LogP contribution is -2.39. The summed E-state index contributed by atoms with van der Waals surface area (Å²) < 4.78 is 45.5. The number of hydrogen-bond donors (Lipinski definition) is 0. The molecule has 1 saturated heterocycles. The highest BCUT2D eigenvalue weighted by Crippen LogP contribution is 2.34. The highest BCUT2D eigenvalue weighted by atomic mass is 32.2. The van der Waals surface area contributed by atoms with Gasteiger partial charge in [0.2, 0.25) is 15.8 Å². The van der Waals surface area contributed by atoms with E-state index in [2.05, 4.69) is 0 Å². The zero-order chi connectivity index (χ0) is 19.6. The van der Waals surface area contributed by atoms with Gasteiger partial charge in [0.15, 0.2) is 0 Å². The maximum atomic E-state index is 13.0. The number of piperidine rings is 1. The molecule has 0 amide bonds. The third-order valence-corrected chi connectivity index (χ3v) is 6.29. The Morgan fingerprint density at radius 2 is 1.93 bits per heavy atom. The molecule has 3 rings (SSSR count). The molecule has 0 N–H and O–H groups in total. The minimum absolute atomic E-state index is 0.113. The number of nitro groups is 1. The van der Waals surface area contributed by atoms with Gasteiger partial charge < -0.3 is 4.74 Å². The van der Waals surface area contributed by atoms with Crippen molar-refractivity contribution in [3.05, 3.63) is 58.4 Å². The number of sulfonamides is 1. The van der Waals surface area contributed by atoms with Crippen molar-refractivity contribution in [1.82, 2.24) is 4.31 Å². The van der Waals surface area contributed by atoms with E-state index in [0.717, 1.165) is 31.0 Å². The van der Waals surface area contributed by atoms with Crippen LogP contribution in [-0.4, -0.2) is 30.7 Å². The Balaban J connectivity index is 1.93. The van der Waals surface area contributed by atoms with Gasteiger partial charge in [-0.25, -0.2) is 12.8 Å². The van der Waals surface area contributed by atoms with Crippen LogP contribution in [0.2, 0.25) is 0 Å². The van der Waals surface area contributed by atoms with Crippen LogP contribution in [0.25, 0.3) is 0 Å². The van der Waals surface area contributed by atoms with Gasteiger partial charge in [-0.05, 0) is 55.2 Å². The Bertz CT molecular complexity index is 947. The fraction of sp³-hybridized carbons (Fsp3) is 0.333. The van der Waals surface area contributed by atoms with E-state index in [1.54, 1.807) is 0 Å². The van der Waals surface area contributed by atoms with Gasteiger partial charge in [0.05, 0.1) is 9.82 Å². The largest absolute Gasteiger partial charge is 0.450 e. The van der Waals surface area contributed by atoms with Crippen LogP contribution >= 0.6 is 0 Å². The molecule has 1 aliphatic rings. The summed E-state index contributed by atoms with van der Waals surface area (Å²) in [7, 11) is -3.82. The monoisotopic (exact) mass is 394 g/mol. The molecule has 0 bridgehead atoms. The van der Waals surface area contributed by atoms with Crippen LogP contribution in [0.4, 0.5) is 10.1 Å². The Kier molecular flexibility index (Phi) is 5.43. The standard InChI is InChI=1S/C18H19FN2O5S/c1-13-3-2-10-20(12-13)27(24,25)16-8-9-18(17(11-16)21(22)23)26-15-6-4-14(19)5-7-15/h4-9,11,13H,2-3,10,12H2,1H3/t13-/m1/s1. The summed E-state index contributed by atoms with van der Waals surface area (Å²) >= 11 is 0. The maximum absolute atomic E-state index is 13.0. The zero-order valence-corrected chi connectivity index (χ0v) is 15.5. The molecule has 0 radical (unpaired) electrons. The van der Waals surface area contributed by atoms with Gasteiger partial charge in [0.25, 0.3) is 0 Å². The second-order valence-corrected chi connectivity index (χ2v) is 8.49. The van der Waals surface area contributed by atoms with Gasteiger partial charge >= 0.3 is 5.69 Å². The summed E-state index contributed by atoms with van der Waals surface area (Å²) in [5.74, 6) is -0.129. The second-order valence-electron chi connectivity index (χ2n) is 6.55. The fourth-order valence-corrected chi connectivity index (χ4v) is 4.65. The molecule has 144 valence electrons. The Morgan fingerprint density at radius 3 is 2.56 bits per heavy atom. The molecule has 2 aromatic rings. The van der Waals surface area contributed by atoms with Crippen molar-refractivity contribution in [3.63, 3.8) is 0 Å². The lowest BCUT2D eigenvalue weighted by atomic mass is 10.0. The van der Waals surface area contributed by atoms with Crippen molar-refractivity contribution < 1.29 is 22.5 Å². The first-order valence-corrected chi connectivity index (χ1v) is 9.93. The van der Waals surface area contributed by atoms with Crippen LogP contribution in [0.5, 0.6) is 11.5 Å². The molecule has 0 unspecified atom stereocenters.